The van der Waals surface area contributed by atoms with Gasteiger partial charge in [-0.15, -0.1) is 0 Å². The minimum atomic E-state index is -0.447. The monoisotopic (exact) mass is 455 g/mol. The van der Waals surface area contributed by atoms with Crippen LogP contribution in [-0.2, 0) is 9.53 Å². The zero-order chi connectivity index (χ0) is 23.4. The molecule has 1 fully saturated rings. The number of hydrogen-bond acceptors (Lipinski definition) is 7. The van der Waals surface area contributed by atoms with Crippen LogP contribution >= 0.6 is 0 Å². The van der Waals surface area contributed by atoms with Crippen molar-refractivity contribution >= 4 is 11.6 Å². The molecule has 2 N–H and O–H groups in total. The molecule has 0 spiro atoms. The summed E-state index contributed by atoms with van der Waals surface area (Å²) in [5.41, 5.74) is 4.77. The van der Waals surface area contributed by atoms with Gasteiger partial charge in [-0.25, -0.2) is 9.99 Å². The summed E-state index contributed by atoms with van der Waals surface area (Å²) >= 11 is 0. The lowest BCUT2D eigenvalue weighted by molar-refractivity contribution is -0.140. The average Bonchev–Trinajstić information content (AvgIpc) is 3.21. The van der Waals surface area contributed by atoms with E-state index in [1.807, 2.05) is 48.0 Å². The number of carbonyl (C=O) groups is 1. The van der Waals surface area contributed by atoms with Crippen LogP contribution in [-0.4, -0.2) is 64.7 Å². The van der Waals surface area contributed by atoms with E-state index in [-0.39, 0.29) is 17.5 Å². The molecule has 2 aliphatic heterocycles. The largest absolute Gasteiger partial charge is 0.493 e. The first-order valence-corrected chi connectivity index (χ1v) is 11.8. The quantitative estimate of drug-likeness (QED) is 0.631. The van der Waals surface area contributed by atoms with E-state index < -0.39 is 6.04 Å². The molecular weight excluding hydrogens is 422 g/mol. The average molecular weight is 456 g/mol. The molecule has 9 heteroatoms. The zero-order valence-corrected chi connectivity index (χ0v) is 19.6. The number of nitrogens with one attached hydrogen (secondary N) is 2. The predicted octanol–water partition coefficient (Wildman–Crippen LogP) is 2.96. The molecule has 1 aromatic heterocycles. The molecule has 2 aromatic rings. The first kappa shape index (κ1) is 23.3. The lowest BCUT2D eigenvalue weighted by Gasteiger charge is -2.34. The fraction of sp³-hybridized carbons (Fsp3) is 0.542. The molecule has 3 heterocycles. The summed E-state index contributed by atoms with van der Waals surface area (Å²) in [6, 6.07) is 6.96. The van der Waals surface area contributed by atoms with Gasteiger partial charge in [0.1, 0.15) is 23.3 Å². The SMILES string of the molecule is CCCOc1ccccc1-c1nc2c(c(=O)[nH]1)NN([C@H](C)C(=O)N1CCOCC1)C2CCC. The van der Waals surface area contributed by atoms with Gasteiger partial charge in [0.2, 0.25) is 5.91 Å². The summed E-state index contributed by atoms with van der Waals surface area (Å²) in [6.07, 6.45) is 2.54. The Hall–Kier alpha value is -2.91. The lowest BCUT2D eigenvalue weighted by Crippen LogP contribution is -2.51. The van der Waals surface area contributed by atoms with E-state index in [0.29, 0.717) is 55.9 Å². The number of rotatable bonds is 8. The minimum Gasteiger partial charge on any atom is -0.493 e. The number of benzene rings is 1. The van der Waals surface area contributed by atoms with Gasteiger partial charge >= 0.3 is 0 Å². The Kier molecular flexibility index (Phi) is 7.29. The van der Waals surface area contributed by atoms with Gasteiger partial charge in [-0.1, -0.05) is 32.4 Å². The number of hydrazine groups is 1. The van der Waals surface area contributed by atoms with Crippen LogP contribution in [0.2, 0.25) is 0 Å². The van der Waals surface area contributed by atoms with E-state index in [1.54, 1.807) is 0 Å². The van der Waals surface area contributed by atoms with Gasteiger partial charge in [0.05, 0.1) is 37.1 Å². The number of aromatic amines is 1. The van der Waals surface area contributed by atoms with Gasteiger partial charge in [0.25, 0.3) is 5.56 Å². The van der Waals surface area contributed by atoms with Crippen LogP contribution in [0.5, 0.6) is 5.75 Å². The summed E-state index contributed by atoms with van der Waals surface area (Å²) in [6.45, 7) is 8.87. The summed E-state index contributed by atoms with van der Waals surface area (Å²) in [5.74, 6) is 1.19. The Morgan fingerprint density at radius 1 is 1.24 bits per heavy atom. The number of fused-ring (bicyclic) bond motifs is 1. The second-order valence-corrected chi connectivity index (χ2v) is 8.46. The van der Waals surface area contributed by atoms with Gasteiger partial charge in [-0.3, -0.25) is 9.59 Å². The molecule has 0 radical (unpaired) electrons. The highest BCUT2D eigenvalue weighted by molar-refractivity contribution is 5.82. The van der Waals surface area contributed by atoms with E-state index in [9.17, 15) is 9.59 Å². The van der Waals surface area contributed by atoms with Crippen molar-refractivity contribution in [2.45, 2.75) is 52.1 Å². The van der Waals surface area contributed by atoms with E-state index >= 15 is 0 Å². The Labute approximate surface area is 194 Å². The molecule has 33 heavy (non-hydrogen) atoms. The molecule has 2 atom stereocenters. The molecule has 1 aromatic carbocycles. The Morgan fingerprint density at radius 3 is 2.73 bits per heavy atom. The first-order chi connectivity index (χ1) is 16.0. The molecule has 4 rings (SSSR count). The third-order valence-corrected chi connectivity index (χ3v) is 6.10. The number of ether oxygens (including phenoxy) is 2. The maximum Gasteiger partial charge on any atom is 0.276 e. The van der Waals surface area contributed by atoms with E-state index in [2.05, 4.69) is 17.3 Å². The van der Waals surface area contributed by atoms with Crippen molar-refractivity contribution in [2.75, 3.05) is 38.3 Å². The normalized spacial score (nSPS) is 19.1. The van der Waals surface area contributed by atoms with Crippen LogP contribution in [0.4, 0.5) is 5.69 Å². The van der Waals surface area contributed by atoms with Crippen LogP contribution in [0.25, 0.3) is 11.4 Å². The number of para-hydroxylation sites is 1. The number of aromatic nitrogens is 2. The molecule has 1 amide bonds. The zero-order valence-electron chi connectivity index (χ0n) is 19.6. The van der Waals surface area contributed by atoms with Gasteiger partial charge < -0.3 is 24.8 Å². The van der Waals surface area contributed by atoms with Gasteiger partial charge in [0, 0.05) is 13.1 Å². The maximum absolute atomic E-state index is 13.2. The number of morpholine rings is 1. The topological polar surface area (TPSA) is 99.8 Å². The van der Waals surface area contributed by atoms with Crippen LogP contribution < -0.4 is 15.7 Å². The van der Waals surface area contributed by atoms with Crippen molar-refractivity contribution in [3.8, 4) is 17.1 Å². The molecule has 1 saturated heterocycles. The summed E-state index contributed by atoms with van der Waals surface area (Å²) < 4.78 is 11.3. The number of anilines is 1. The van der Waals surface area contributed by atoms with Gasteiger partial charge in [0.15, 0.2) is 0 Å². The fourth-order valence-electron chi connectivity index (χ4n) is 4.39. The van der Waals surface area contributed by atoms with E-state index in [1.165, 1.54) is 0 Å². The fourth-order valence-corrected chi connectivity index (χ4v) is 4.39. The molecule has 0 saturated carbocycles. The lowest BCUT2D eigenvalue weighted by atomic mass is 10.1. The summed E-state index contributed by atoms with van der Waals surface area (Å²) in [5, 5.41) is 1.89. The van der Waals surface area contributed by atoms with Gasteiger partial charge in [-0.05, 0) is 31.9 Å². The van der Waals surface area contributed by atoms with Crippen molar-refractivity contribution in [1.29, 1.82) is 0 Å². The second kappa shape index (κ2) is 10.4. The van der Waals surface area contributed by atoms with Crippen molar-refractivity contribution in [3.05, 3.63) is 40.3 Å². The van der Waals surface area contributed by atoms with E-state index in [4.69, 9.17) is 14.5 Å². The van der Waals surface area contributed by atoms with Crippen LogP contribution in [0.1, 0.15) is 51.8 Å². The highest BCUT2D eigenvalue weighted by Crippen LogP contribution is 2.38. The molecule has 2 aliphatic rings. The maximum atomic E-state index is 13.2. The van der Waals surface area contributed by atoms with Crippen molar-refractivity contribution in [2.24, 2.45) is 0 Å². The van der Waals surface area contributed by atoms with Crippen molar-refractivity contribution < 1.29 is 14.3 Å². The van der Waals surface area contributed by atoms with Gasteiger partial charge in [-0.2, -0.15) is 0 Å². The number of carbonyl (C=O) groups excluding carboxylic acids is 1. The molecule has 178 valence electrons. The summed E-state index contributed by atoms with van der Waals surface area (Å²) in [4.78, 5) is 35.9. The van der Waals surface area contributed by atoms with Crippen LogP contribution in [0.15, 0.2) is 29.1 Å². The Morgan fingerprint density at radius 2 is 2.00 bits per heavy atom. The van der Waals surface area contributed by atoms with Crippen molar-refractivity contribution in [3.63, 3.8) is 0 Å². The minimum absolute atomic E-state index is 0.0228. The molecular formula is C24H33N5O4. The highest BCUT2D eigenvalue weighted by Gasteiger charge is 2.40. The molecule has 0 bridgehead atoms. The molecule has 9 nitrogen and oxygen atoms in total. The third kappa shape index (κ3) is 4.74. The number of H-pyrrole nitrogens is 1. The Balaban J connectivity index is 1.66. The Bertz CT molecular complexity index is 1030. The number of amides is 1. The van der Waals surface area contributed by atoms with Crippen molar-refractivity contribution in [1.82, 2.24) is 19.9 Å². The predicted molar refractivity (Wildman–Crippen MR) is 126 cm³/mol. The molecule has 0 aliphatic carbocycles. The third-order valence-electron chi connectivity index (χ3n) is 6.10. The number of hydrogen-bond donors (Lipinski definition) is 2. The van der Waals surface area contributed by atoms with Crippen LogP contribution in [0, 0.1) is 0 Å². The standard InChI is InChI=1S/C24H33N5O4/c1-4-8-18-20-21(27-29(18)16(3)24(31)28-11-14-32-15-12-28)23(30)26-22(25-20)17-9-6-7-10-19(17)33-13-5-2/h6-7,9-10,16,18,27H,4-5,8,11-15H2,1-3H3,(H,25,26,30)/t16-,18?/m1/s1. The highest BCUT2D eigenvalue weighted by atomic mass is 16.5. The smallest absolute Gasteiger partial charge is 0.276 e. The molecule has 1 unspecified atom stereocenters. The first-order valence-electron chi connectivity index (χ1n) is 11.8. The van der Waals surface area contributed by atoms with E-state index in [0.717, 1.165) is 24.8 Å². The number of nitrogens with zero attached hydrogens (tertiary/aromatic N) is 3. The summed E-state index contributed by atoms with van der Waals surface area (Å²) in [7, 11) is 0. The second-order valence-electron chi connectivity index (χ2n) is 8.46. The van der Waals surface area contributed by atoms with Crippen LogP contribution in [0.3, 0.4) is 0 Å².